The molecule has 1 aromatic carbocycles. The van der Waals surface area contributed by atoms with Gasteiger partial charge in [0.25, 0.3) is 0 Å². The van der Waals surface area contributed by atoms with Crippen LogP contribution in [0.2, 0.25) is 0 Å². The first kappa shape index (κ1) is 28.0. The molecule has 8 heteroatoms. The average Bonchev–Trinajstić information content (AvgIpc) is 2.85. The molecule has 0 spiro atoms. The van der Waals surface area contributed by atoms with Gasteiger partial charge in [0.2, 0.25) is 0 Å². The van der Waals surface area contributed by atoms with Gasteiger partial charge in [-0.2, -0.15) is 0 Å². The molecule has 1 N–H and O–H groups in total. The normalized spacial score (nSPS) is 19.7. The van der Waals surface area contributed by atoms with Crippen molar-refractivity contribution >= 4 is 29.9 Å². The molecule has 1 atom stereocenters. The van der Waals surface area contributed by atoms with Crippen LogP contribution in [0.25, 0.3) is 0 Å². The Balaban J connectivity index is 0.00000385. The fourth-order valence-corrected chi connectivity index (χ4v) is 4.15. The SMILES string of the molecule is CCCOc1ccc(CN=C(NCC)N2CCC(OCC3CCCCO3)CC2)cc1OC.I. The van der Waals surface area contributed by atoms with E-state index in [0.717, 1.165) is 81.6 Å². The van der Waals surface area contributed by atoms with Crippen LogP contribution in [0.5, 0.6) is 11.5 Å². The van der Waals surface area contributed by atoms with Crippen LogP contribution >= 0.6 is 24.0 Å². The standard InChI is InChI=1S/C25H41N3O4.HI/c1-4-15-31-23-10-9-20(17-24(23)29-3)18-27-25(26-5-2)28-13-11-21(12-14-28)32-19-22-8-6-7-16-30-22;/h9-10,17,21-22H,4-8,11-16,18-19H2,1-3H3,(H,26,27);1H. The fraction of sp³-hybridized carbons (Fsp3) is 0.720. The lowest BCUT2D eigenvalue weighted by Crippen LogP contribution is -2.47. The number of hydrogen-bond acceptors (Lipinski definition) is 5. The molecule has 33 heavy (non-hydrogen) atoms. The topological polar surface area (TPSA) is 64.6 Å². The molecule has 0 aromatic heterocycles. The van der Waals surface area contributed by atoms with Gasteiger partial charge in [0.05, 0.1) is 39.1 Å². The van der Waals surface area contributed by atoms with Gasteiger partial charge >= 0.3 is 0 Å². The predicted molar refractivity (Wildman–Crippen MR) is 143 cm³/mol. The summed E-state index contributed by atoms with van der Waals surface area (Å²) in [5.74, 6) is 2.51. The maximum atomic E-state index is 6.17. The Kier molecular flexibility index (Phi) is 13.2. The minimum Gasteiger partial charge on any atom is -0.493 e. The van der Waals surface area contributed by atoms with Gasteiger partial charge < -0.3 is 29.2 Å². The van der Waals surface area contributed by atoms with E-state index in [1.54, 1.807) is 7.11 Å². The molecule has 7 nitrogen and oxygen atoms in total. The molecule has 3 rings (SSSR count). The number of guanidine groups is 1. The molecule has 2 aliphatic heterocycles. The van der Waals surface area contributed by atoms with E-state index in [1.165, 1.54) is 12.8 Å². The molecule has 188 valence electrons. The minimum absolute atomic E-state index is 0. The number of methoxy groups -OCH3 is 1. The van der Waals surface area contributed by atoms with Crippen LogP contribution in [0, 0.1) is 0 Å². The van der Waals surface area contributed by atoms with E-state index in [2.05, 4.69) is 30.1 Å². The molecule has 0 aliphatic carbocycles. The number of rotatable bonds is 10. The molecule has 2 heterocycles. The number of ether oxygens (including phenoxy) is 4. The Hall–Kier alpha value is -1.26. The van der Waals surface area contributed by atoms with Gasteiger partial charge in [-0.3, -0.25) is 0 Å². The van der Waals surface area contributed by atoms with Crippen LogP contribution in [0.3, 0.4) is 0 Å². The molecular formula is C25H42IN3O4. The zero-order chi connectivity index (χ0) is 22.6. The predicted octanol–water partition coefficient (Wildman–Crippen LogP) is 4.62. The molecule has 0 radical (unpaired) electrons. The summed E-state index contributed by atoms with van der Waals surface area (Å²) in [6.45, 7) is 9.87. The molecule has 0 saturated carbocycles. The van der Waals surface area contributed by atoms with Gasteiger partial charge in [0.15, 0.2) is 17.5 Å². The van der Waals surface area contributed by atoms with Crippen molar-refractivity contribution in [1.82, 2.24) is 10.2 Å². The van der Waals surface area contributed by atoms with Gasteiger partial charge in [0.1, 0.15) is 0 Å². The number of benzene rings is 1. The highest BCUT2D eigenvalue weighted by Crippen LogP contribution is 2.28. The number of piperidine rings is 1. The number of aliphatic imine (C=N–C) groups is 1. The quantitative estimate of drug-likeness (QED) is 0.250. The lowest BCUT2D eigenvalue weighted by molar-refractivity contribution is -0.0721. The van der Waals surface area contributed by atoms with Crippen LogP contribution in [0.4, 0.5) is 0 Å². The second kappa shape index (κ2) is 15.6. The molecule has 2 aliphatic rings. The van der Waals surface area contributed by atoms with E-state index in [9.17, 15) is 0 Å². The van der Waals surface area contributed by atoms with Crippen molar-refractivity contribution in [2.24, 2.45) is 4.99 Å². The van der Waals surface area contributed by atoms with Crippen LogP contribution in [-0.4, -0.2) is 69.6 Å². The smallest absolute Gasteiger partial charge is 0.194 e. The van der Waals surface area contributed by atoms with Crippen LogP contribution < -0.4 is 14.8 Å². The van der Waals surface area contributed by atoms with E-state index >= 15 is 0 Å². The van der Waals surface area contributed by atoms with Crippen molar-refractivity contribution in [3.05, 3.63) is 23.8 Å². The summed E-state index contributed by atoms with van der Waals surface area (Å²) in [4.78, 5) is 7.24. The first-order valence-corrected chi connectivity index (χ1v) is 12.3. The first-order valence-electron chi connectivity index (χ1n) is 12.3. The summed E-state index contributed by atoms with van der Waals surface area (Å²) in [6, 6.07) is 6.06. The molecule has 0 bridgehead atoms. The summed E-state index contributed by atoms with van der Waals surface area (Å²) in [6.07, 6.45) is 7.20. The summed E-state index contributed by atoms with van der Waals surface area (Å²) in [7, 11) is 1.68. The summed E-state index contributed by atoms with van der Waals surface area (Å²) in [5.41, 5.74) is 1.10. The monoisotopic (exact) mass is 575 g/mol. The van der Waals surface area contributed by atoms with Crippen LogP contribution in [-0.2, 0) is 16.0 Å². The van der Waals surface area contributed by atoms with E-state index < -0.39 is 0 Å². The number of likely N-dealkylation sites (tertiary alicyclic amines) is 1. The van der Waals surface area contributed by atoms with Crippen molar-refractivity contribution in [3.8, 4) is 11.5 Å². The third-order valence-corrected chi connectivity index (χ3v) is 5.97. The lowest BCUT2D eigenvalue weighted by Gasteiger charge is -2.35. The van der Waals surface area contributed by atoms with Crippen molar-refractivity contribution in [2.75, 3.05) is 46.6 Å². The highest BCUT2D eigenvalue weighted by molar-refractivity contribution is 14.0. The Morgan fingerprint density at radius 3 is 2.64 bits per heavy atom. The number of halogens is 1. The molecule has 2 fully saturated rings. The van der Waals surface area contributed by atoms with Gasteiger partial charge in [-0.25, -0.2) is 4.99 Å². The summed E-state index contributed by atoms with van der Waals surface area (Å²) < 4.78 is 23.2. The van der Waals surface area contributed by atoms with E-state index in [4.69, 9.17) is 23.9 Å². The minimum atomic E-state index is 0. The lowest BCUT2D eigenvalue weighted by atomic mass is 10.1. The Labute approximate surface area is 216 Å². The van der Waals surface area contributed by atoms with Crippen LogP contribution in [0.15, 0.2) is 23.2 Å². The second-order valence-electron chi connectivity index (χ2n) is 8.51. The van der Waals surface area contributed by atoms with E-state index in [0.29, 0.717) is 19.3 Å². The average molecular weight is 576 g/mol. The molecular weight excluding hydrogens is 533 g/mol. The van der Waals surface area contributed by atoms with Crippen molar-refractivity contribution in [1.29, 1.82) is 0 Å². The number of nitrogens with zero attached hydrogens (tertiary/aromatic N) is 2. The highest BCUT2D eigenvalue weighted by Gasteiger charge is 2.23. The highest BCUT2D eigenvalue weighted by atomic mass is 127. The number of hydrogen-bond donors (Lipinski definition) is 1. The van der Waals surface area contributed by atoms with Gasteiger partial charge in [-0.1, -0.05) is 13.0 Å². The maximum absolute atomic E-state index is 6.17. The van der Waals surface area contributed by atoms with Gasteiger partial charge in [0, 0.05) is 26.2 Å². The third-order valence-electron chi connectivity index (χ3n) is 5.97. The van der Waals surface area contributed by atoms with E-state index in [-0.39, 0.29) is 30.1 Å². The molecule has 1 aromatic rings. The largest absolute Gasteiger partial charge is 0.493 e. The van der Waals surface area contributed by atoms with Gasteiger partial charge in [-0.05, 0) is 63.1 Å². The Morgan fingerprint density at radius 2 is 1.97 bits per heavy atom. The molecule has 1 unspecified atom stereocenters. The second-order valence-corrected chi connectivity index (χ2v) is 8.51. The van der Waals surface area contributed by atoms with Crippen LogP contribution in [0.1, 0.15) is 57.9 Å². The third kappa shape index (κ3) is 9.13. The Bertz CT molecular complexity index is 705. The molecule has 2 saturated heterocycles. The first-order chi connectivity index (χ1) is 15.7. The zero-order valence-electron chi connectivity index (χ0n) is 20.5. The summed E-state index contributed by atoms with van der Waals surface area (Å²) in [5, 5.41) is 3.45. The Morgan fingerprint density at radius 1 is 1.15 bits per heavy atom. The maximum Gasteiger partial charge on any atom is 0.194 e. The number of nitrogens with one attached hydrogen (secondary N) is 1. The van der Waals surface area contributed by atoms with E-state index in [1.807, 2.05) is 12.1 Å². The summed E-state index contributed by atoms with van der Waals surface area (Å²) >= 11 is 0. The van der Waals surface area contributed by atoms with Crippen molar-refractivity contribution in [3.63, 3.8) is 0 Å². The zero-order valence-corrected chi connectivity index (χ0v) is 22.8. The van der Waals surface area contributed by atoms with Crippen molar-refractivity contribution < 1.29 is 18.9 Å². The van der Waals surface area contributed by atoms with Crippen molar-refractivity contribution in [2.45, 2.75) is 71.1 Å². The van der Waals surface area contributed by atoms with Gasteiger partial charge in [-0.15, -0.1) is 24.0 Å². The fourth-order valence-electron chi connectivity index (χ4n) is 4.15. The molecule has 0 amide bonds.